The second kappa shape index (κ2) is 6.50. The topological polar surface area (TPSA) is 52.5 Å². The lowest BCUT2D eigenvalue weighted by atomic mass is 10.0. The van der Waals surface area contributed by atoms with E-state index in [0.29, 0.717) is 6.54 Å². The lowest BCUT2D eigenvalue weighted by Gasteiger charge is -2.10. The quantitative estimate of drug-likeness (QED) is 0.673. The van der Waals surface area contributed by atoms with E-state index in [-0.39, 0.29) is 6.61 Å². The minimum absolute atomic E-state index is 0.193. The molecule has 0 bridgehead atoms. The second-order valence-corrected chi connectivity index (χ2v) is 4.43. The van der Waals surface area contributed by atoms with Crippen LogP contribution < -0.4 is 5.32 Å². The number of hydrogen-bond acceptors (Lipinski definition) is 3. The Morgan fingerprint density at radius 2 is 1.83 bits per heavy atom. The number of fused-ring (bicyclic) bond motifs is 1. The minimum Gasteiger partial charge on any atom is -0.394 e. The fraction of sp³-hybridized carbons (Fsp3) is 0.333. The van der Waals surface area contributed by atoms with E-state index in [0.717, 1.165) is 13.0 Å². The van der Waals surface area contributed by atoms with Crippen molar-refractivity contribution in [2.45, 2.75) is 12.5 Å². The van der Waals surface area contributed by atoms with Crippen LogP contribution in [0, 0.1) is 0 Å². The van der Waals surface area contributed by atoms with Gasteiger partial charge >= 0.3 is 0 Å². The van der Waals surface area contributed by atoms with Crippen molar-refractivity contribution >= 4 is 10.8 Å². The number of aliphatic hydroxyl groups is 2. The lowest BCUT2D eigenvalue weighted by molar-refractivity contribution is 0.0947. The van der Waals surface area contributed by atoms with E-state index >= 15 is 0 Å². The molecule has 0 saturated heterocycles. The molecule has 0 saturated carbocycles. The van der Waals surface area contributed by atoms with Crippen LogP contribution in [0.4, 0.5) is 0 Å². The summed E-state index contributed by atoms with van der Waals surface area (Å²) in [4.78, 5) is 0. The Bertz CT molecular complexity index is 493. The van der Waals surface area contributed by atoms with Crippen LogP contribution in [-0.2, 0) is 6.42 Å². The fourth-order valence-electron chi connectivity index (χ4n) is 2.07. The number of aliphatic hydroxyl groups excluding tert-OH is 2. The largest absolute Gasteiger partial charge is 0.394 e. The smallest absolute Gasteiger partial charge is 0.0894 e. The van der Waals surface area contributed by atoms with E-state index in [2.05, 4.69) is 41.7 Å². The van der Waals surface area contributed by atoms with Crippen molar-refractivity contribution in [3.05, 3.63) is 48.0 Å². The summed E-state index contributed by atoms with van der Waals surface area (Å²) in [5.74, 6) is 0. The van der Waals surface area contributed by atoms with Crippen molar-refractivity contribution in [2.75, 3.05) is 19.7 Å². The molecule has 0 spiro atoms. The number of rotatable bonds is 6. The molecule has 0 aliphatic rings. The summed E-state index contributed by atoms with van der Waals surface area (Å²) >= 11 is 0. The molecule has 18 heavy (non-hydrogen) atoms. The molecule has 2 aromatic carbocycles. The molecule has 96 valence electrons. The Balaban J connectivity index is 1.95. The van der Waals surface area contributed by atoms with Crippen molar-refractivity contribution < 1.29 is 10.2 Å². The first-order chi connectivity index (χ1) is 8.81. The van der Waals surface area contributed by atoms with Crippen molar-refractivity contribution in [3.8, 4) is 0 Å². The zero-order valence-corrected chi connectivity index (χ0v) is 10.3. The van der Waals surface area contributed by atoms with Gasteiger partial charge in [-0.05, 0) is 29.3 Å². The van der Waals surface area contributed by atoms with Crippen LogP contribution >= 0.6 is 0 Å². The van der Waals surface area contributed by atoms with Crippen LogP contribution in [0.5, 0.6) is 0 Å². The molecule has 0 aliphatic carbocycles. The molecule has 3 N–H and O–H groups in total. The van der Waals surface area contributed by atoms with Gasteiger partial charge in [-0.15, -0.1) is 0 Å². The maximum atomic E-state index is 9.21. The van der Waals surface area contributed by atoms with E-state index in [1.807, 2.05) is 6.07 Å². The van der Waals surface area contributed by atoms with Crippen molar-refractivity contribution in [2.24, 2.45) is 0 Å². The summed E-state index contributed by atoms with van der Waals surface area (Å²) in [7, 11) is 0. The van der Waals surface area contributed by atoms with Gasteiger partial charge in [0.05, 0.1) is 12.7 Å². The van der Waals surface area contributed by atoms with Crippen molar-refractivity contribution in [1.82, 2.24) is 5.32 Å². The van der Waals surface area contributed by atoms with Crippen molar-refractivity contribution in [1.29, 1.82) is 0 Å². The molecule has 3 nitrogen and oxygen atoms in total. The van der Waals surface area contributed by atoms with Gasteiger partial charge in [0.2, 0.25) is 0 Å². The first-order valence-corrected chi connectivity index (χ1v) is 6.27. The molecule has 2 aromatic rings. The Morgan fingerprint density at radius 3 is 2.67 bits per heavy atom. The number of hydrogen-bond donors (Lipinski definition) is 3. The third-order valence-electron chi connectivity index (χ3n) is 3.04. The maximum absolute atomic E-state index is 9.21. The number of benzene rings is 2. The van der Waals surface area contributed by atoms with Crippen LogP contribution in [0.25, 0.3) is 10.8 Å². The summed E-state index contributed by atoms with van der Waals surface area (Å²) in [6.45, 7) is 1.04. The van der Waals surface area contributed by atoms with E-state index in [9.17, 15) is 5.11 Å². The molecule has 0 aliphatic heterocycles. The normalized spacial score (nSPS) is 12.8. The van der Waals surface area contributed by atoms with E-state index < -0.39 is 6.10 Å². The molecule has 0 radical (unpaired) electrons. The third-order valence-corrected chi connectivity index (χ3v) is 3.04. The average molecular weight is 245 g/mol. The average Bonchev–Trinajstić information content (AvgIpc) is 2.43. The Morgan fingerprint density at radius 1 is 1.06 bits per heavy atom. The summed E-state index contributed by atoms with van der Waals surface area (Å²) in [6.07, 6.45) is 0.247. The van der Waals surface area contributed by atoms with Gasteiger partial charge in [0.15, 0.2) is 0 Å². The van der Waals surface area contributed by atoms with Gasteiger partial charge in [-0.2, -0.15) is 0 Å². The predicted octanol–water partition coefficient (Wildman–Crippen LogP) is 1.33. The Kier molecular flexibility index (Phi) is 4.70. The zero-order chi connectivity index (χ0) is 12.8. The van der Waals surface area contributed by atoms with Crippen LogP contribution in [0.2, 0.25) is 0 Å². The second-order valence-electron chi connectivity index (χ2n) is 4.43. The highest BCUT2D eigenvalue weighted by Gasteiger charge is 2.02. The standard InChI is InChI=1S/C15H19NO2/c17-11-14(18)10-16-9-8-13-6-3-5-12-4-1-2-7-15(12)13/h1-7,14,16-18H,8-11H2. The van der Waals surface area contributed by atoms with Crippen LogP contribution in [-0.4, -0.2) is 36.0 Å². The minimum atomic E-state index is -0.669. The number of nitrogens with one attached hydrogen (secondary N) is 1. The van der Waals surface area contributed by atoms with E-state index in [4.69, 9.17) is 5.11 Å². The van der Waals surface area contributed by atoms with Gasteiger partial charge in [-0.3, -0.25) is 0 Å². The lowest BCUT2D eigenvalue weighted by Crippen LogP contribution is -2.30. The first kappa shape index (κ1) is 13.0. The summed E-state index contributed by atoms with van der Waals surface area (Å²) in [6, 6.07) is 14.7. The SMILES string of the molecule is OCC(O)CNCCc1cccc2ccccc12. The first-order valence-electron chi connectivity index (χ1n) is 6.27. The summed E-state index contributed by atoms with van der Waals surface area (Å²) < 4.78 is 0. The van der Waals surface area contributed by atoms with E-state index in [1.54, 1.807) is 0 Å². The summed E-state index contributed by atoms with van der Waals surface area (Å²) in [5.41, 5.74) is 1.30. The molecular formula is C15H19NO2. The van der Waals surface area contributed by atoms with Crippen LogP contribution in [0.15, 0.2) is 42.5 Å². The highest BCUT2D eigenvalue weighted by atomic mass is 16.3. The zero-order valence-electron chi connectivity index (χ0n) is 10.3. The molecule has 1 atom stereocenters. The third kappa shape index (κ3) is 3.29. The highest BCUT2D eigenvalue weighted by molar-refractivity contribution is 5.85. The van der Waals surface area contributed by atoms with Crippen LogP contribution in [0.3, 0.4) is 0 Å². The molecule has 0 fully saturated rings. The Hall–Kier alpha value is -1.42. The monoisotopic (exact) mass is 245 g/mol. The molecule has 0 heterocycles. The van der Waals surface area contributed by atoms with Gasteiger partial charge < -0.3 is 15.5 Å². The molecule has 1 unspecified atom stereocenters. The molecular weight excluding hydrogens is 226 g/mol. The van der Waals surface area contributed by atoms with Crippen LogP contribution in [0.1, 0.15) is 5.56 Å². The van der Waals surface area contributed by atoms with Gasteiger partial charge in [0.25, 0.3) is 0 Å². The fourth-order valence-corrected chi connectivity index (χ4v) is 2.07. The molecule has 0 amide bonds. The molecule has 3 heteroatoms. The predicted molar refractivity (Wildman–Crippen MR) is 73.6 cm³/mol. The van der Waals surface area contributed by atoms with E-state index in [1.165, 1.54) is 16.3 Å². The molecule has 0 aromatic heterocycles. The van der Waals surface area contributed by atoms with Crippen molar-refractivity contribution in [3.63, 3.8) is 0 Å². The van der Waals surface area contributed by atoms with Gasteiger partial charge in [-0.1, -0.05) is 42.5 Å². The van der Waals surface area contributed by atoms with Gasteiger partial charge in [0, 0.05) is 6.54 Å². The Labute approximate surface area is 107 Å². The van der Waals surface area contributed by atoms with Gasteiger partial charge in [-0.25, -0.2) is 0 Å². The summed E-state index contributed by atoms with van der Waals surface area (Å²) in [5, 5.41) is 23.6. The maximum Gasteiger partial charge on any atom is 0.0894 e. The van der Waals surface area contributed by atoms with Gasteiger partial charge in [0.1, 0.15) is 0 Å². The molecule has 2 rings (SSSR count). The highest BCUT2D eigenvalue weighted by Crippen LogP contribution is 2.18.